The Bertz CT molecular complexity index is 1360. The molecule has 0 spiro atoms. The fraction of sp³-hybridized carbons (Fsp3) is 0.681. The Labute approximate surface area is 347 Å². The molecule has 0 heterocycles. The number of ether oxygens (including phenoxy) is 1. The molecule has 0 aromatic rings. The molecule has 57 heavy (non-hydrogen) atoms. The fourth-order valence-electron chi connectivity index (χ4n) is 6.67. The number of hydrogen-bond donors (Lipinski definition) is 2. The van der Waals surface area contributed by atoms with Gasteiger partial charge in [0.15, 0.2) is 0 Å². The van der Waals surface area contributed by atoms with Gasteiger partial charge in [0.05, 0.1) is 19.8 Å². The molecule has 0 aromatic heterocycles. The van der Waals surface area contributed by atoms with Crippen LogP contribution in [0.2, 0.25) is 0 Å². The molecule has 0 bridgehead atoms. The summed E-state index contributed by atoms with van der Waals surface area (Å²) in [6.45, 7) is 14.1. The summed E-state index contributed by atoms with van der Waals surface area (Å²) in [4.78, 5) is 36.3. The minimum absolute atomic E-state index is 0.0593. The quantitative estimate of drug-likeness (QED) is 0.0169. The minimum Gasteiger partial charge on any atom is -0.466 e. The molecular weight excluding hydrogens is 735 g/mol. The van der Waals surface area contributed by atoms with Crippen molar-refractivity contribution in [2.45, 2.75) is 170 Å². The summed E-state index contributed by atoms with van der Waals surface area (Å²) in [5, 5.41) is 5.53. The van der Waals surface area contributed by atoms with Crippen LogP contribution in [0.15, 0.2) is 70.9 Å². The maximum Gasteiger partial charge on any atom is 0.319 e. The zero-order chi connectivity index (χ0) is 42.0. The number of carbonyl (C=O) groups is 3. The lowest BCUT2D eigenvalue weighted by Crippen LogP contribution is -2.28. The summed E-state index contributed by atoms with van der Waals surface area (Å²) in [6.07, 6.45) is 37.5. The van der Waals surface area contributed by atoms with Crippen molar-refractivity contribution in [1.29, 1.82) is 0 Å². The average Bonchev–Trinajstić information content (AvgIpc) is 3.16. The average molecular weight is 815 g/mol. The number of nitrogens with one attached hydrogen (secondary N) is 2. The normalized spacial score (nSPS) is 15.5. The molecule has 2 amide bonds. The molecule has 0 aliphatic heterocycles. The summed E-state index contributed by atoms with van der Waals surface area (Å²) in [6, 6.07) is 0. The molecule has 2 N–H and O–H groups in total. The van der Waals surface area contributed by atoms with E-state index in [9.17, 15) is 18.9 Å². The second-order valence-electron chi connectivity index (χ2n) is 16.0. The molecule has 0 fully saturated rings. The monoisotopic (exact) mass is 815 g/mol. The zero-order valence-electron chi connectivity index (χ0n) is 36.7. The van der Waals surface area contributed by atoms with Crippen molar-refractivity contribution in [3.05, 3.63) is 70.9 Å². The fourth-order valence-corrected chi connectivity index (χ4v) is 7.33. The highest BCUT2D eigenvalue weighted by Gasteiger charge is 2.26. The Morgan fingerprint density at radius 3 is 2.12 bits per heavy atom. The molecule has 10 heteroatoms. The van der Waals surface area contributed by atoms with E-state index in [4.69, 9.17) is 13.8 Å². The highest BCUT2D eigenvalue weighted by atomic mass is 31.1. The van der Waals surface area contributed by atoms with Crippen LogP contribution in [-0.4, -0.2) is 50.7 Å². The molecule has 1 aliphatic rings. The Morgan fingerprint density at radius 1 is 0.754 bits per heavy atom. The largest absolute Gasteiger partial charge is 0.466 e. The first kappa shape index (κ1) is 52.0. The number of esters is 1. The molecule has 1 unspecified atom stereocenters. The smallest absolute Gasteiger partial charge is 0.319 e. The predicted molar refractivity (Wildman–Crippen MR) is 237 cm³/mol. The number of hydrogen-bond acceptors (Lipinski definition) is 7. The minimum atomic E-state index is -2.70. The van der Waals surface area contributed by atoms with Gasteiger partial charge in [-0.2, -0.15) is 0 Å². The van der Waals surface area contributed by atoms with Gasteiger partial charge in [-0.05, 0) is 95.1 Å². The molecule has 0 saturated carbocycles. The molecule has 0 aromatic carbocycles. The van der Waals surface area contributed by atoms with E-state index in [1.165, 1.54) is 88.2 Å². The standard InChI is InChI=1S/C47H79N2O7P/c1-7-8-9-10-11-12-13-14-15-16-17-18-19-20-21-30-46(52)54-36-25-37-55-57(53)56-38-35-49-44(50)29-24-34-48-45(51)39-41(3)27-22-26-40(2)31-32-43-42(4)28-23-33-47(43,5)6/h14-15,22,26-27,31-32,39,57H,7-13,16-21,23-25,28-30,33-38H2,1-6H3,(H,48,51)(H,49,50)/b15-14-,27-22+,32-31+,40-26+,41-39+. The number of rotatable bonds is 33. The van der Waals surface area contributed by atoms with E-state index in [1.807, 2.05) is 25.2 Å². The van der Waals surface area contributed by atoms with Gasteiger partial charge < -0.3 is 24.4 Å². The molecule has 9 nitrogen and oxygen atoms in total. The van der Waals surface area contributed by atoms with Gasteiger partial charge in [-0.15, -0.1) is 0 Å². The summed E-state index contributed by atoms with van der Waals surface area (Å²) < 4.78 is 27.6. The highest BCUT2D eigenvalue weighted by Crippen LogP contribution is 2.40. The number of amides is 2. The van der Waals surface area contributed by atoms with Crippen molar-refractivity contribution in [3.8, 4) is 0 Å². The van der Waals surface area contributed by atoms with Crippen LogP contribution in [-0.2, 0) is 32.7 Å². The highest BCUT2D eigenvalue weighted by molar-refractivity contribution is 7.33. The lowest BCUT2D eigenvalue weighted by atomic mass is 9.72. The molecule has 0 radical (unpaired) electrons. The third-order valence-electron chi connectivity index (χ3n) is 10.1. The van der Waals surface area contributed by atoms with Gasteiger partial charge in [0, 0.05) is 38.4 Å². The summed E-state index contributed by atoms with van der Waals surface area (Å²) in [5.41, 5.74) is 5.10. The van der Waals surface area contributed by atoms with Crippen molar-refractivity contribution >= 4 is 26.0 Å². The van der Waals surface area contributed by atoms with Crippen LogP contribution in [0, 0.1) is 5.41 Å². The van der Waals surface area contributed by atoms with E-state index in [0.717, 1.165) is 36.8 Å². The molecule has 0 saturated heterocycles. The van der Waals surface area contributed by atoms with E-state index in [2.05, 4.69) is 69.6 Å². The Balaban J connectivity index is 2.01. The van der Waals surface area contributed by atoms with Crippen LogP contribution in [0.25, 0.3) is 0 Å². The van der Waals surface area contributed by atoms with Gasteiger partial charge in [0.25, 0.3) is 0 Å². The number of unbranched alkanes of at least 4 members (excludes halogenated alkanes) is 11. The lowest BCUT2D eigenvalue weighted by Gasteiger charge is -2.32. The molecular formula is C47H79N2O7P. The van der Waals surface area contributed by atoms with Crippen LogP contribution >= 0.6 is 8.25 Å². The molecule has 1 aliphatic carbocycles. The molecule has 1 rings (SSSR count). The number of carbonyl (C=O) groups excluding carboxylic acids is 3. The van der Waals surface area contributed by atoms with Gasteiger partial charge in [0.1, 0.15) is 0 Å². The van der Waals surface area contributed by atoms with Crippen LogP contribution in [0.1, 0.15) is 170 Å². The first-order chi connectivity index (χ1) is 27.4. The van der Waals surface area contributed by atoms with Crippen molar-refractivity contribution in [1.82, 2.24) is 10.6 Å². The van der Waals surface area contributed by atoms with E-state index in [1.54, 1.807) is 6.08 Å². The SMILES string of the molecule is CCCCCCCC/C=C\CCCCCCCC(=O)OCCCO[PH](=O)OCCNC(=O)CCCNC(=O)/C=C(C)/C=C/C=C(C)/C=C/C1=C(C)CCCC1(C)C. The van der Waals surface area contributed by atoms with Crippen molar-refractivity contribution in [2.24, 2.45) is 5.41 Å². The summed E-state index contributed by atoms with van der Waals surface area (Å²) in [5.74, 6) is -0.592. The second kappa shape index (κ2) is 33.9. The van der Waals surface area contributed by atoms with Gasteiger partial charge in [0.2, 0.25) is 11.8 Å². The van der Waals surface area contributed by atoms with Gasteiger partial charge in [-0.3, -0.25) is 18.9 Å². The van der Waals surface area contributed by atoms with Crippen molar-refractivity contribution in [2.75, 3.05) is 32.9 Å². The maximum atomic E-state index is 12.3. The Kier molecular flexibility index (Phi) is 31.0. The maximum absolute atomic E-state index is 12.3. The second-order valence-corrected chi connectivity index (χ2v) is 17.1. The lowest BCUT2D eigenvalue weighted by molar-refractivity contribution is -0.144. The number of allylic oxidation sites excluding steroid dienone is 11. The molecule has 324 valence electrons. The van der Waals surface area contributed by atoms with Crippen molar-refractivity contribution in [3.63, 3.8) is 0 Å². The van der Waals surface area contributed by atoms with E-state index >= 15 is 0 Å². The van der Waals surface area contributed by atoms with Gasteiger partial charge in [-0.1, -0.05) is 126 Å². The Morgan fingerprint density at radius 2 is 1.42 bits per heavy atom. The topological polar surface area (TPSA) is 120 Å². The van der Waals surface area contributed by atoms with E-state index in [0.29, 0.717) is 25.8 Å². The van der Waals surface area contributed by atoms with Crippen LogP contribution in [0.3, 0.4) is 0 Å². The van der Waals surface area contributed by atoms with Gasteiger partial charge >= 0.3 is 14.2 Å². The van der Waals surface area contributed by atoms with E-state index < -0.39 is 8.25 Å². The zero-order valence-corrected chi connectivity index (χ0v) is 37.7. The van der Waals surface area contributed by atoms with Crippen LogP contribution in [0.4, 0.5) is 0 Å². The first-order valence-corrected chi connectivity index (χ1v) is 23.2. The predicted octanol–water partition coefficient (Wildman–Crippen LogP) is 11.9. The van der Waals surface area contributed by atoms with Crippen LogP contribution < -0.4 is 10.6 Å². The van der Waals surface area contributed by atoms with E-state index in [-0.39, 0.29) is 56.0 Å². The van der Waals surface area contributed by atoms with Crippen molar-refractivity contribution < 1.29 is 32.7 Å². The van der Waals surface area contributed by atoms with Gasteiger partial charge in [-0.25, -0.2) is 0 Å². The third kappa shape index (κ3) is 29.8. The first-order valence-electron chi connectivity index (χ1n) is 22.0. The molecule has 1 atom stereocenters. The summed E-state index contributed by atoms with van der Waals surface area (Å²) >= 11 is 0. The van der Waals surface area contributed by atoms with Crippen LogP contribution in [0.5, 0.6) is 0 Å². The third-order valence-corrected chi connectivity index (χ3v) is 11.0. The Hall–Kier alpha value is -3.00. The summed E-state index contributed by atoms with van der Waals surface area (Å²) in [7, 11) is -2.70.